The molecule has 0 aliphatic carbocycles. The van der Waals surface area contributed by atoms with E-state index in [-0.39, 0.29) is 11.3 Å². The van der Waals surface area contributed by atoms with Crippen LogP contribution in [0.5, 0.6) is 0 Å². The minimum atomic E-state index is -4.33. The van der Waals surface area contributed by atoms with Crippen LogP contribution in [0.25, 0.3) is 0 Å². The first kappa shape index (κ1) is 14.1. The van der Waals surface area contributed by atoms with Gasteiger partial charge in [0.15, 0.2) is 5.03 Å². The Morgan fingerprint density at radius 3 is 2.55 bits per heavy atom. The van der Waals surface area contributed by atoms with Gasteiger partial charge in [-0.2, -0.15) is 0 Å². The number of hydrogen-bond donors (Lipinski definition) is 0. The molecule has 104 valence electrons. The molecule has 1 heterocycles. The maximum atomic E-state index is 14.2. The predicted octanol–water partition coefficient (Wildman–Crippen LogP) is 2.43. The Bertz CT molecular complexity index is 734. The van der Waals surface area contributed by atoms with E-state index in [1.54, 1.807) is 0 Å². The van der Waals surface area contributed by atoms with E-state index >= 15 is 0 Å². The first-order chi connectivity index (χ1) is 9.43. The number of hydrogen-bond acceptors (Lipinski definition) is 5. The summed E-state index contributed by atoms with van der Waals surface area (Å²) in [5.74, 6) is 0. The van der Waals surface area contributed by atoms with Crippen LogP contribution in [0.4, 0.5) is 10.1 Å². The van der Waals surface area contributed by atoms with Crippen molar-refractivity contribution >= 4 is 15.5 Å². The molecule has 2 rings (SSSR count). The summed E-state index contributed by atoms with van der Waals surface area (Å²) in [6.45, 7) is 0. The third-order valence-electron chi connectivity index (χ3n) is 2.54. The molecule has 0 N–H and O–H groups in total. The highest BCUT2D eigenvalue weighted by atomic mass is 32.2. The smallest absolute Gasteiger partial charge is 0.258 e. The number of nitro benzene ring substituents is 1. The SMILES string of the molecule is O=[N+]([O-])c1cccc(C(F)S(=O)(=O)c2ccccn2)c1. The van der Waals surface area contributed by atoms with Crippen molar-refractivity contribution in [2.24, 2.45) is 0 Å². The maximum absolute atomic E-state index is 14.2. The summed E-state index contributed by atoms with van der Waals surface area (Å²) >= 11 is 0. The molecule has 8 heteroatoms. The highest BCUT2D eigenvalue weighted by Crippen LogP contribution is 2.30. The zero-order chi connectivity index (χ0) is 14.8. The summed E-state index contributed by atoms with van der Waals surface area (Å²) in [7, 11) is -4.33. The van der Waals surface area contributed by atoms with Crippen molar-refractivity contribution in [1.82, 2.24) is 4.98 Å². The van der Waals surface area contributed by atoms with Crippen molar-refractivity contribution in [3.63, 3.8) is 0 Å². The van der Waals surface area contributed by atoms with Crippen molar-refractivity contribution in [2.45, 2.75) is 10.5 Å². The second kappa shape index (κ2) is 5.33. The number of nitro groups is 1. The zero-order valence-electron chi connectivity index (χ0n) is 10.0. The number of pyridine rings is 1. The number of non-ortho nitro benzene ring substituents is 1. The topological polar surface area (TPSA) is 90.2 Å². The second-order valence-corrected chi connectivity index (χ2v) is 5.80. The monoisotopic (exact) mass is 296 g/mol. The van der Waals surface area contributed by atoms with E-state index < -0.39 is 25.3 Å². The fourth-order valence-corrected chi connectivity index (χ4v) is 2.77. The molecule has 0 bridgehead atoms. The second-order valence-electron chi connectivity index (χ2n) is 3.88. The Hall–Kier alpha value is -2.35. The number of aromatic nitrogens is 1. The largest absolute Gasteiger partial charge is 0.269 e. The minimum Gasteiger partial charge on any atom is -0.258 e. The van der Waals surface area contributed by atoms with E-state index in [9.17, 15) is 22.9 Å². The van der Waals surface area contributed by atoms with Crippen LogP contribution in [-0.2, 0) is 9.84 Å². The molecule has 0 saturated heterocycles. The van der Waals surface area contributed by atoms with Gasteiger partial charge >= 0.3 is 0 Å². The van der Waals surface area contributed by atoms with Gasteiger partial charge in [-0.25, -0.2) is 17.8 Å². The number of alkyl halides is 1. The molecule has 0 amide bonds. The van der Waals surface area contributed by atoms with Crippen LogP contribution in [0, 0.1) is 10.1 Å². The number of rotatable bonds is 4. The van der Waals surface area contributed by atoms with Crippen molar-refractivity contribution < 1.29 is 17.7 Å². The highest BCUT2D eigenvalue weighted by Gasteiger charge is 2.30. The molecule has 0 spiro atoms. The quantitative estimate of drug-likeness (QED) is 0.638. The first-order valence-corrected chi connectivity index (χ1v) is 7.01. The van der Waals surface area contributed by atoms with Crippen LogP contribution in [0.3, 0.4) is 0 Å². The fraction of sp³-hybridized carbons (Fsp3) is 0.0833. The van der Waals surface area contributed by atoms with E-state index in [2.05, 4.69) is 4.98 Å². The van der Waals surface area contributed by atoms with Crippen LogP contribution in [0.1, 0.15) is 11.1 Å². The highest BCUT2D eigenvalue weighted by molar-refractivity contribution is 7.91. The molecule has 1 aromatic carbocycles. The van der Waals surface area contributed by atoms with Crippen molar-refractivity contribution in [3.05, 3.63) is 64.3 Å². The summed E-state index contributed by atoms with van der Waals surface area (Å²) in [5.41, 5.74) is -3.08. The first-order valence-electron chi connectivity index (χ1n) is 5.46. The molecular weight excluding hydrogens is 287 g/mol. The van der Waals surface area contributed by atoms with Crippen molar-refractivity contribution in [2.75, 3.05) is 0 Å². The van der Waals surface area contributed by atoms with Gasteiger partial charge in [-0.15, -0.1) is 0 Å². The molecule has 0 radical (unpaired) electrons. The number of nitrogens with zero attached hydrogens (tertiary/aromatic N) is 2. The van der Waals surface area contributed by atoms with Gasteiger partial charge in [-0.3, -0.25) is 10.1 Å². The van der Waals surface area contributed by atoms with Crippen LogP contribution >= 0.6 is 0 Å². The Balaban J connectivity index is 2.43. The normalized spacial score (nSPS) is 12.8. The minimum absolute atomic E-state index is 0.301. The molecular formula is C12H9FN2O4S. The summed E-state index contributed by atoms with van der Waals surface area (Å²) in [5, 5.41) is 10.2. The van der Waals surface area contributed by atoms with Gasteiger partial charge in [0.2, 0.25) is 15.3 Å². The predicted molar refractivity (Wildman–Crippen MR) is 68.4 cm³/mol. The lowest BCUT2D eigenvalue weighted by Gasteiger charge is -2.09. The van der Waals surface area contributed by atoms with E-state index in [1.165, 1.54) is 36.5 Å². The molecule has 0 aliphatic heterocycles. The molecule has 0 aliphatic rings. The third-order valence-corrected chi connectivity index (χ3v) is 4.19. The molecule has 0 fully saturated rings. The molecule has 6 nitrogen and oxygen atoms in total. The van der Waals surface area contributed by atoms with E-state index in [0.29, 0.717) is 0 Å². The Morgan fingerprint density at radius 1 is 1.20 bits per heavy atom. The van der Waals surface area contributed by atoms with Crippen LogP contribution in [0.15, 0.2) is 53.7 Å². The lowest BCUT2D eigenvalue weighted by molar-refractivity contribution is -0.384. The van der Waals surface area contributed by atoms with Gasteiger partial charge in [0.1, 0.15) is 0 Å². The van der Waals surface area contributed by atoms with Gasteiger partial charge in [-0.05, 0) is 12.1 Å². The van der Waals surface area contributed by atoms with Gasteiger partial charge in [0.25, 0.3) is 5.69 Å². The van der Waals surface area contributed by atoms with Crippen molar-refractivity contribution in [1.29, 1.82) is 0 Å². The summed E-state index contributed by atoms with van der Waals surface area (Å²) < 4.78 is 38.2. The molecule has 2 aromatic rings. The van der Waals surface area contributed by atoms with Crippen LogP contribution in [0.2, 0.25) is 0 Å². The zero-order valence-corrected chi connectivity index (χ0v) is 10.8. The standard InChI is InChI=1S/C12H9FN2O4S/c13-12(9-4-3-5-10(8-9)15(16)17)20(18,19)11-6-1-2-7-14-11/h1-8,12H. The third kappa shape index (κ3) is 2.64. The Labute approximate surface area is 114 Å². The number of halogens is 1. The van der Waals surface area contributed by atoms with Crippen molar-refractivity contribution in [3.8, 4) is 0 Å². The molecule has 1 atom stereocenters. The van der Waals surface area contributed by atoms with Crippen LogP contribution < -0.4 is 0 Å². The lowest BCUT2D eigenvalue weighted by Crippen LogP contribution is -2.11. The molecule has 20 heavy (non-hydrogen) atoms. The molecule has 1 unspecified atom stereocenters. The maximum Gasteiger partial charge on any atom is 0.269 e. The van der Waals surface area contributed by atoms with E-state index in [1.807, 2.05) is 0 Å². The summed E-state index contributed by atoms with van der Waals surface area (Å²) in [4.78, 5) is 13.5. The lowest BCUT2D eigenvalue weighted by atomic mass is 10.2. The molecule has 0 saturated carbocycles. The van der Waals surface area contributed by atoms with E-state index in [0.717, 1.165) is 12.1 Å². The fourth-order valence-electron chi connectivity index (χ4n) is 1.58. The Morgan fingerprint density at radius 2 is 1.95 bits per heavy atom. The summed E-state index contributed by atoms with van der Waals surface area (Å²) in [6.07, 6.45) is 1.23. The van der Waals surface area contributed by atoms with E-state index in [4.69, 9.17) is 0 Å². The average molecular weight is 296 g/mol. The number of benzene rings is 1. The Kier molecular flexibility index (Phi) is 3.75. The molecule has 1 aromatic heterocycles. The van der Waals surface area contributed by atoms with Gasteiger partial charge in [0.05, 0.1) is 4.92 Å². The van der Waals surface area contributed by atoms with Gasteiger partial charge in [0, 0.05) is 23.9 Å². The van der Waals surface area contributed by atoms with Gasteiger partial charge in [-0.1, -0.05) is 18.2 Å². The van der Waals surface area contributed by atoms with Gasteiger partial charge < -0.3 is 0 Å². The number of sulfone groups is 1. The van der Waals surface area contributed by atoms with Crippen LogP contribution in [-0.4, -0.2) is 18.3 Å². The summed E-state index contributed by atoms with van der Waals surface area (Å²) in [6, 6.07) is 8.54. The average Bonchev–Trinajstić information content (AvgIpc) is 2.47.